The number of hydrogen-bond donors (Lipinski definition) is 1. The monoisotopic (exact) mass is 270 g/mol. The summed E-state index contributed by atoms with van der Waals surface area (Å²) in [6, 6.07) is 0.362. The molecule has 0 amide bonds. The fourth-order valence-electron chi connectivity index (χ4n) is 1.68. The summed E-state index contributed by atoms with van der Waals surface area (Å²) in [6.07, 6.45) is 2.28. The SMILES string of the molecule is CCOC(=O)c1csc(NC(C)CC(C)CC)n1. The average molecular weight is 270 g/mol. The van der Waals surface area contributed by atoms with Crippen LogP contribution in [0.3, 0.4) is 0 Å². The molecule has 1 heterocycles. The van der Waals surface area contributed by atoms with Gasteiger partial charge in [0.25, 0.3) is 0 Å². The highest BCUT2D eigenvalue weighted by Crippen LogP contribution is 2.19. The van der Waals surface area contributed by atoms with E-state index in [1.807, 2.05) is 0 Å². The summed E-state index contributed by atoms with van der Waals surface area (Å²) in [5, 5.41) is 5.84. The molecule has 0 aromatic carbocycles. The molecule has 5 heteroatoms. The maximum Gasteiger partial charge on any atom is 0.357 e. The van der Waals surface area contributed by atoms with E-state index in [9.17, 15) is 4.79 Å². The standard InChI is InChI=1S/C13H22N2O2S/c1-5-9(3)7-10(4)14-13-15-11(8-18-13)12(16)17-6-2/h8-10H,5-7H2,1-4H3,(H,14,15). The van der Waals surface area contributed by atoms with Gasteiger partial charge >= 0.3 is 5.97 Å². The Bertz CT molecular complexity index is 379. The molecular weight excluding hydrogens is 248 g/mol. The molecule has 0 aliphatic rings. The summed E-state index contributed by atoms with van der Waals surface area (Å²) in [5.74, 6) is 0.341. The Morgan fingerprint density at radius 1 is 1.50 bits per heavy atom. The lowest BCUT2D eigenvalue weighted by atomic mass is 10.0. The molecule has 1 aromatic heterocycles. The molecule has 18 heavy (non-hydrogen) atoms. The Kier molecular flexibility index (Phi) is 6.12. The summed E-state index contributed by atoms with van der Waals surface area (Å²) in [7, 11) is 0. The molecule has 1 rings (SSSR count). The molecule has 0 spiro atoms. The molecule has 0 fully saturated rings. The summed E-state index contributed by atoms with van der Waals surface area (Å²) in [5.41, 5.74) is 0.389. The highest BCUT2D eigenvalue weighted by atomic mass is 32.1. The zero-order valence-electron chi connectivity index (χ0n) is 11.5. The molecule has 0 radical (unpaired) electrons. The van der Waals surface area contributed by atoms with Gasteiger partial charge in [-0.1, -0.05) is 20.3 Å². The van der Waals surface area contributed by atoms with Crippen LogP contribution in [0.1, 0.15) is 51.0 Å². The third-order valence-electron chi connectivity index (χ3n) is 2.81. The van der Waals surface area contributed by atoms with Crippen molar-refractivity contribution in [3.05, 3.63) is 11.1 Å². The molecule has 0 bridgehead atoms. The van der Waals surface area contributed by atoms with Crippen LogP contribution in [0.15, 0.2) is 5.38 Å². The fraction of sp³-hybridized carbons (Fsp3) is 0.692. The van der Waals surface area contributed by atoms with Gasteiger partial charge in [-0.05, 0) is 26.2 Å². The first-order valence-electron chi connectivity index (χ1n) is 6.45. The van der Waals surface area contributed by atoms with Crippen molar-refractivity contribution >= 4 is 22.4 Å². The molecule has 4 nitrogen and oxygen atoms in total. The van der Waals surface area contributed by atoms with Crippen LogP contribution in [-0.4, -0.2) is 23.6 Å². The van der Waals surface area contributed by atoms with Crippen molar-refractivity contribution in [2.24, 2.45) is 5.92 Å². The molecular formula is C13H22N2O2S. The molecule has 2 unspecified atom stereocenters. The predicted molar refractivity (Wildman–Crippen MR) is 75.2 cm³/mol. The highest BCUT2D eigenvalue weighted by molar-refractivity contribution is 7.13. The van der Waals surface area contributed by atoms with E-state index >= 15 is 0 Å². The number of hydrogen-bond acceptors (Lipinski definition) is 5. The Balaban J connectivity index is 2.50. The first-order valence-corrected chi connectivity index (χ1v) is 7.33. The maximum atomic E-state index is 11.5. The number of rotatable bonds is 7. The van der Waals surface area contributed by atoms with Gasteiger partial charge in [0.15, 0.2) is 10.8 Å². The van der Waals surface area contributed by atoms with Gasteiger partial charge in [0.05, 0.1) is 6.61 Å². The summed E-state index contributed by atoms with van der Waals surface area (Å²) < 4.78 is 4.91. The largest absolute Gasteiger partial charge is 0.461 e. The quantitative estimate of drug-likeness (QED) is 0.770. The number of ether oxygens (including phenoxy) is 1. The molecule has 0 saturated carbocycles. The average Bonchev–Trinajstić information content (AvgIpc) is 2.77. The van der Waals surface area contributed by atoms with Crippen LogP contribution in [0.5, 0.6) is 0 Å². The summed E-state index contributed by atoms with van der Waals surface area (Å²) in [4.78, 5) is 15.7. The second-order valence-corrected chi connectivity index (χ2v) is 5.41. The second-order valence-electron chi connectivity index (χ2n) is 4.55. The van der Waals surface area contributed by atoms with E-state index in [4.69, 9.17) is 4.74 Å². The Labute approximate surface area is 113 Å². The van der Waals surface area contributed by atoms with E-state index < -0.39 is 0 Å². The van der Waals surface area contributed by atoms with Crippen molar-refractivity contribution in [1.82, 2.24) is 4.98 Å². The van der Waals surface area contributed by atoms with Gasteiger partial charge in [-0.15, -0.1) is 11.3 Å². The Morgan fingerprint density at radius 3 is 2.83 bits per heavy atom. The van der Waals surface area contributed by atoms with Crippen LogP contribution >= 0.6 is 11.3 Å². The lowest BCUT2D eigenvalue weighted by molar-refractivity contribution is 0.0520. The number of nitrogens with one attached hydrogen (secondary N) is 1. The molecule has 1 N–H and O–H groups in total. The second kappa shape index (κ2) is 7.36. The van der Waals surface area contributed by atoms with Crippen molar-refractivity contribution in [2.75, 3.05) is 11.9 Å². The Morgan fingerprint density at radius 2 is 2.22 bits per heavy atom. The van der Waals surface area contributed by atoms with Gasteiger partial charge in [0.1, 0.15) is 0 Å². The lowest BCUT2D eigenvalue weighted by Crippen LogP contribution is -2.18. The van der Waals surface area contributed by atoms with Gasteiger partial charge < -0.3 is 10.1 Å². The topological polar surface area (TPSA) is 51.2 Å². The number of esters is 1. The van der Waals surface area contributed by atoms with Crippen LogP contribution in [0.25, 0.3) is 0 Å². The van der Waals surface area contributed by atoms with Crippen LogP contribution in [-0.2, 0) is 4.74 Å². The molecule has 0 aliphatic carbocycles. The van der Waals surface area contributed by atoms with Crippen molar-refractivity contribution in [1.29, 1.82) is 0 Å². The van der Waals surface area contributed by atoms with E-state index in [0.717, 1.165) is 11.6 Å². The Hall–Kier alpha value is -1.10. The predicted octanol–water partition coefficient (Wildman–Crippen LogP) is 3.56. The molecule has 0 aliphatic heterocycles. The van der Waals surface area contributed by atoms with Crippen molar-refractivity contribution in [3.8, 4) is 0 Å². The van der Waals surface area contributed by atoms with Crippen LogP contribution in [0.4, 0.5) is 5.13 Å². The van der Waals surface area contributed by atoms with E-state index in [-0.39, 0.29) is 5.97 Å². The minimum Gasteiger partial charge on any atom is -0.461 e. The number of carbonyl (C=O) groups is 1. The number of thiazole rings is 1. The molecule has 1 aromatic rings. The van der Waals surface area contributed by atoms with E-state index in [0.29, 0.717) is 24.3 Å². The number of aromatic nitrogens is 1. The normalized spacial score (nSPS) is 14.0. The van der Waals surface area contributed by atoms with Crippen molar-refractivity contribution in [2.45, 2.75) is 46.6 Å². The number of nitrogens with zero attached hydrogens (tertiary/aromatic N) is 1. The summed E-state index contributed by atoms with van der Waals surface area (Å²) >= 11 is 1.44. The highest BCUT2D eigenvalue weighted by Gasteiger charge is 2.13. The smallest absolute Gasteiger partial charge is 0.357 e. The molecule has 2 atom stereocenters. The molecule has 0 saturated heterocycles. The third kappa shape index (κ3) is 4.64. The van der Waals surface area contributed by atoms with E-state index in [1.54, 1.807) is 12.3 Å². The zero-order valence-corrected chi connectivity index (χ0v) is 12.3. The first kappa shape index (κ1) is 15.0. The van der Waals surface area contributed by atoms with E-state index in [1.165, 1.54) is 17.8 Å². The number of anilines is 1. The minimum atomic E-state index is -0.351. The lowest BCUT2D eigenvalue weighted by Gasteiger charge is -2.16. The van der Waals surface area contributed by atoms with Gasteiger partial charge in [-0.2, -0.15) is 0 Å². The van der Waals surface area contributed by atoms with Gasteiger partial charge in [-0.25, -0.2) is 9.78 Å². The fourth-order valence-corrected chi connectivity index (χ4v) is 2.47. The van der Waals surface area contributed by atoms with Gasteiger partial charge in [0.2, 0.25) is 0 Å². The van der Waals surface area contributed by atoms with Crippen LogP contribution in [0.2, 0.25) is 0 Å². The van der Waals surface area contributed by atoms with E-state index in [2.05, 4.69) is 31.1 Å². The maximum absolute atomic E-state index is 11.5. The van der Waals surface area contributed by atoms with Gasteiger partial charge in [-0.3, -0.25) is 0 Å². The summed E-state index contributed by atoms with van der Waals surface area (Å²) in [6.45, 7) is 8.74. The van der Waals surface area contributed by atoms with Crippen molar-refractivity contribution in [3.63, 3.8) is 0 Å². The van der Waals surface area contributed by atoms with Crippen LogP contribution < -0.4 is 5.32 Å². The van der Waals surface area contributed by atoms with Gasteiger partial charge in [0, 0.05) is 11.4 Å². The van der Waals surface area contributed by atoms with Crippen LogP contribution in [0, 0.1) is 5.92 Å². The zero-order chi connectivity index (χ0) is 13.5. The minimum absolute atomic E-state index is 0.351. The van der Waals surface area contributed by atoms with Crippen molar-refractivity contribution < 1.29 is 9.53 Å². The number of carbonyl (C=O) groups excluding carboxylic acids is 1. The molecule has 102 valence electrons. The third-order valence-corrected chi connectivity index (χ3v) is 3.58. The first-order chi connectivity index (χ1) is 8.56.